The topological polar surface area (TPSA) is 3.24 Å². The van der Waals surface area contributed by atoms with Crippen molar-refractivity contribution < 1.29 is 0 Å². The van der Waals surface area contributed by atoms with Crippen LogP contribution in [0, 0.1) is 6.92 Å². The molecule has 1 aliphatic heterocycles. The quantitative estimate of drug-likeness (QED) is 0.730. The van der Waals surface area contributed by atoms with Gasteiger partial charge in [0.05, 0.1) is 5.37 Å². The molecule has 1 atom stereocenters. The summed E-state index contributed by atoms with van der Waals surface area (Å²) in [5.41, 5.74) is 4.18. The predicted molar refractivity (Wildman–Crippen MR) is 65.3 cm³/mol. The summed E-state index contributed by atoms with van der Waals surface area (Å²) in [6.45, 7) is 5.48. The van der Waals surface area contributed by atoms with Crippen molar-refractivity contribution in [3.63, 3.8) is 0 Å². The summed E-state index contributed by atoms with van der Waals surface area (Å²) in [6.07, 6.45) is 2.27. The SMILES string of the molecule is CCCN1c2cc(C)ccc2CC1S. The van der Waals surface area contributed by atoms with Gasteiger partial charge in [0, 0.05) is 18.7 Å². The van der Waals surface area contributed by atoms with Gasteiger partial charge >= 0.3 is 0 Å². The summed E-state index contributed by atoms with van der Waals surface area (Å²) >= 11 is 4.63. The zero-order valence-electron chi connectivity index (χ0n) is 8.83. The second-order valence-corrected chi connectivity index (χ2v) is 4.61. The maximum Gasteiger partial charge on any atom is 0.0762 e. The third kappa shape index (κ3) is 1.63. The van der Waals surface area contributed by atoms with E-state index in [0.717, 1.165) is 13.0 Å². The van der Waals surface area contributed by atoms with Gasteiger partial charge in [-0.3, -0.25) is 0 Å². The highest BCUT2D eigenvalue weighted by atomic mass is 32.1. The highest BCUT2D eigenvalue weighted by Crippen LogP contribution is 2.34. The van der Waals surface area contributed by atoms with E-state index in [9.17, 15) is 0 Å². The first-order valence-corrected chi connectivity index (χ1v) is 5.78. The van der Waals surface area contributed by atoms with Gasteiger partial charge in [-0.15, -0.1) is 0 Å². The van der Waals surface area contributed by atoms with Crippen molar-refractivity contribution in [3.05, 3.63) is 29.3 Å². The minimum absolute atomic E-state index is 0.381. The van der Waals surface area contributed by atoms with Crippen LogP contribution in [0.4, 0.5) is 5.69 Å². The van der Waals surface area contributed by atoms with Crippen molar-refractivity contribution in [2.45, 2.75) is 32.1 Å². The second kappa shape index (κ2) is 3.85. The van der Waals surface area contributed by atoms with E-state index in [1.54, 1.807) is 0 Å². The fourth-order valence-electron chi connectivity index (χ4n) is 2.09. The average molecular weight is 207 g/mol. The Labute approximate surface area is 91.5 Å². The van der Waals surface area contributed by atoms with Gasteiger partial charge in [0.2, 0.25) is 0 Å². The van der Waals surface area contributed by atoms with Crippen LogP contribution in [-0.2, 0) is 6.42 Å². The molecule has 2 heteroatoms. The first-order valence-electron chi connectivity index (χ1n) is 5.26. The number of benzene rings is 1. The molecule has 0 aliphatic carbocycles. The normalized spacial score (nSPS) is 19.9. The number of fused-ring (bicyclic) bond motifs is 1. The molecule has 0 saturated heterocycles. The Kier molecular flexibility index (Phi) is 2.73. The zero-order chi connectivity index (χ0) is 10.1. The number of thiol groups is 1. The summed E-state index contributed by atoms with van der Waals surface area (Å²) in [6, 6.07) is 6.71. The Morgan fingerprint density at radius 3 is 3.00 bits per heavy atom. The molecule has 0 spiro atoms. The lowest BCUT2D eigenvalue weighted by atomic mass is 10.1. The van der Waals surface area contributed by atoms with Gasteiger partial charge in [0.25, 0.3) is 0 Å². The first-order chi connectivity index (χ1) is 6.72. The van der Waals surface area contributed by atoms with Gasteiger partial charge in [-0.1, -0.05) is 19.1 Å². The molecule has 1 aliphatic rings. The highest BCUT2D eigenvalue weighted by Gasteiger charge is 2.25. The van der Waals surface area contributed by atoms with E-state index in [1.807, 2.05) is 0 Å². The molecule has 0 radical (unpaired) electrons. The van der Waals surface area contributed by atoms with Crippen LogP contribution in [0.3, 0.4) is 0 Å². The van der Waals surface area contributed by atoms with Crippen molar-refractivity contribution in [2.75, 3.05) is 11.4 Å². The molecule has 0 bridgehead atoms. The Bertz CT molecular complexity index is 335. The maximum atomic E-state index is 4.63. The van der Waals surface area contributed by atoms with Crippen molar-refractivity contribution in [1.82, 2.24) is 0 Å². The van der Waals surface area contributed by atoms with Crippen molar-refractivity contribution in [1.29, 1.82) is 0 Å². The van der Waals surface area contributed by atoms with Gasteiger partial charge in [-0.2, -0.15) is 12.6 Å². The third-order valence-electron chi connectivity index (χ3n) is 2.78. The van der Waals surface area contributed by atoms with Crippen molar-refractivity contribution in [2.24, 2.45) is 0 Å². The molecule has 0 amide bonds. The lowest BCUT2D eigenvalue weighted by Crippen LogP contribution is -2.28. The van der Waals surface area contributed by atoms with Crippen LogP contribution in [0.15, 0.2) is 18.2 Å². The highest BCUT2D eigenvalue weighted by molar-refractivity contribution is 7.81. The smallest absolute Gasteiger partial charge is 0.0762 e. The molecular weight excluding hydrogens is 190 g/mol. The minimum atomic E-state index is 0.381. The lowest BCUT2D eigenvalue weighted by Gasteiger charge is -2.23. The molecule has 0 N–H and O–H groups in total. The average Bonchev–Trinajstić information content (AvgIpc) is 2.45. The molecule has 1 aromatic carbocycles. The standard InChI is InChI=1S/C12H17NS/c1-3-6-13-11-7-9(2)4-5-10(11)8-12(13)14/h4-5,7,12,14H,3,6,8H2,1-2H3. The minimum Gasteiger partial charge on any atom is -0.359 e. The van der Waals surface area contributed by atoms with E-state index >= 15 is 0 Å². The molecule has 0 aromatic heterocycles. The van der Waals surface area contributed by atoms with Gasteiger partial charge in [-0.05, 0) is 30.5 Å². The summed E-state index contributed by atoms with van der Waals surface area (Å²) in [7, 11) is 0. The molecule has 2 rings (SSSR count). The molecule has 1 heterocycles. The van der Waals surface area contributed by atoms with E-state index in [-0.39, 0.29) is 0 Å². The van der Waals surface area contributed by atoms with Crippen molar-refractivity contribution >= 4 is 18.3 Å². The summed E-state index contributed by atoms with van der Waals surface area (Å²) in [5.74, 6) is 0. The van der Waals surface area contributed by atoms with Crippen LogP contribution < -0.4 is 4.90 Å². The van der Waals surface area contributed by atoms with Gasteiger partial charge in [-0.25, -0.2) is 0 Å². The van der Waals surface area contributed by atoms with Gasteiger partial charge in [0.15, 0.2) is 0 Å². The molecule has 14 heavy (non-hydrogen) atoms. The summed E-state index contributed by atoms with van der Waals surface area (Å²) < 4.78 is 0. The monoisotopic (exact) mass is 207 g/mol. The Hall–Kier alpha value is -0.630. The van der Waals surface area contributed by atoms with Gasteiger partial charge in [0.1, 0.15) is 0 Å². The molecule has 0 fully saturated rings. The van der Waals surface area contributed by atoms with Crippen LogP contribution in [0.1, 0.15) is 24.5 Å². The van der Waals surface area contributed by atoms with E-state index in [1.165, 1.54) is 23.2 Å². The number of anilines is 1. The third-order valence-corrected chi connectivity index (χ3v) is 3.24. The molecule has 1 unspecified atom stereocenters. The van der Waals surface area contributed by atoms with Gasteiger partial charge < -0.3 is 4.90 Å². The summed E-state index contributed by atoms with van der Waals surface area (Å²) in [4.78, 5) is 2.41. The van der Waals surface area contributed by atoms with Crippen LogP contribution in [0.25, 0.3) is 0 Å². The Balaban J connectivity index is 2.34. The van der Waals surface area contributed by atoms with Crippen molar-refractivity contribution in [3.8, 4) is 0 Å². The Morgan fingerprint density at radius 2 is 2.29 bits per heavy atom. The van der Waals surface area contributed by atoms with E-state index in [2.05, 4.69) is 49.6 Å². The second-order valence-electron chi connectivity index (χ2n) is 4.01. The van der Waals surface area contributed by atoms with E-state index in [0.29, 0.717) is 5.37 Å². The largest absolute Gasteiger partial charge is 0.359 e. The zero-order valence-corrected chi connectivity index (χ0v) is 9.72. The van der Waals surface area contributed by atoms with E-state index in [4.69, 9.17) is 0 Å². The fraction of sp³-hybridized carbons (Fsp3) is 0.500. The molecule has 1 nitrogen and oxygen atoms in total. The van der Waals surface area contributed by atoms with Crippen LogP contribution in [0.5, 0.6) is 0 Å². The predicted octanol–water partition coefficient (Wildman–Crippen LogP) is 3.02. The molecular formula is C12H17NS. The molecule has 1 aromatic rings. The van der Waals surface area contributed by atoms with Crippen LogP contribution in [0.2, 0.25) is 0 Å². The molecule has 76 valence electrons. The number of hydrogen-bond acceptors (Lipinski definition) is 2. The maximum absolute atomic E-state index is 4.63. The first kappa shape index (κ1) is 9.91. The molecule has 0 saturated carbocycles. The lowest BCUT2D eigenvalue weighted by molar-refractivity contribution is 0.766. The number of hydrogen-bond donors (Lipinski definition) is 1. The number of aryl methyl sites for hydroxylation is 1. The van der Waals surface area contributed by atoms with Crippen LogP contribution in [-0.4, -0.2) is 11.9 Å². The Morgan fingerprint density at radius 1 is 1.50 bits per heavy atom. The van der Waals surface area contributed by atoms with Crippen LogP contribution >= 0.6 is 12.6 Å². The number of nitrogens with zero attached hydrogens (tertiary/aromatic N) is 1. The summed E-state index contributed by atoms with van der Waals surface area (Å²) in [5, 5.41) is 0.381. The fourth-order valence-corrected chi connectivity index (χ4v) is 2.53. The van der Waals surface area contributed by atoms with E-state index < -0.39 is 0 Å². The number of rotatable bonds is 2.